The van der Waals surface area contributed by atoms with Crippen molar-refractivity contribution in [2.24, 2.45) is 0 Å². The molecule has 60 valence electrons. The van der Waals surface area contributed by atoms with Crippen LogP contribution >= 0.6 is 21.8 Å². The summed E-state index contributed by atoms with van der Waals surface area (Å²) in [6.45, 7) is 2.18. The Bertz CT molecular complexity index is 223. The van der Waals surface area contributed by atoms with Gasteiger partial charge in [0.05, 0.1) is 0 Å². The van der Waals surface area contributed by atoms with E-state index in [1.165, 1.54) is 5.19 Å². The summed E-state index contributed by atoms with van der Waals surface area (Å²) < 4.78 is 5.45. The highest BCUT2D eigenvalue weighted by Crippen LogP contribution is 2.12. The predicted octanol–water partition coefficient (Wildman–Crippen LogP) is 2.05. The Kier molecular flexibility index (Phi) is 3.09. The van der Waals surface area contributed by atoms with Crippen molar-refractivity contribution in [3.63, 3.8) is 0 Å². The van der Waals surface area contributed by atoms with Gasteiger partial charge in [-0.3, -0.25) is 0 Å². The molecule has 0 heterocycles. The van der Waals surface area contributed by atoms with Crippen molar-refractivity contribution in [1.29, 1.82) is 0 Å². The van der Waals surface area contributed by atoms with E-state index in [0.29, 0.717) is 0 Å². The second-order valence-corrected chi connectivity index (χ2v) is 11.5. The van der Waals surface area contributed by atoms with E-state index in [-0.39, 0.29) is 0 Å². The Morgan fingerprint density at radius 2 is 1.82 bits per heavy atom. The predicted molar refractivity (Wildman–Crippen MR) is 58.7 cm³/mol. The molecule has 0 fully saturated rings. The van der Waals surface area contributed by atoms with E-state index >= 15 is 0 Å². The van der Waals surface area contributed by atoms with Crippen molar-refractivity contribution in [1.82, 2.24) is 0 Å². The van der Waals surface area contributed by atoms with Gasteiger partial charge in [0.15, 0.2) is 0 Å². The molecular weight excluding hydrogens is 267 g/mol. The molecule has 1 atom stereocenters. The van der Waals surface area contributed by atoms with Gasteiger partial charge in [0, 0.05) is 7.11 Å². The Labute approximate surface area is 81.1 Å². The lowest BCUT2D eigenvalue weighted by atomic mass is 10.4. The number of benzene rings is 1. The van der Waals surface area contributed by atoms with Gasteiger partial charge in [0.1, 0.15) is 0 Å². The molecule has 0 radical (unpaired) electrons. The van der Waals surface area contributed by atoms with Crippen LogP contribution in [0.3, 0.4) is 0 Å². The van der Waals surface area contributed by atoms with Crippen LogP contribution in [-0.4, -0.2) is 12.9 Å². The number of hydrogen-bond acceptors (Lipinski definition) is 1. The van der Waals surface area contributed by atoms with E-state index in [1.54, 1.807) is 7.11 Å². The van der Waals surface area contributed by atoms with Gasteiger partial charge in [0.25, 0.3) is 5.81 Å². The number of hydrogen-bond donors (Lipinski definition) is 0. The third-order valence-corrected chi connectivity index (χ3v) is 6.99. The van der Waals surface area contributed by atoms with Gasteiger partial charge < -0.3 is 4.43 Å². The van der Waals surface area contributed by atoms with Gasteiger partial charge in [0.2, 0.25) is 0 Å². The first-order valence-corrected chi connectivity index (χ1v) is 8.98. The second kappa shape index (κ2) is 3.69. The van der Waals surface area contributed by atoms with Crippen molar-refractivity contribution in [3.05, 3.63) is 30.3 Å². The number of halogens is 1. The van der Waals surface area contributed by atoms with Crippen molar-refractivity contribution in [3.8, 4) is 0 Å². The van der Waals surface area contributed by atoms with Gasteiger partial charge in [-0.1, -0.05) is 52.1 Å². The molecule has 11 heavy (non-hydrogen) atoms. The molecule has 1 aromatic carbocycles. The van der Waals surface area contributed by atoms with Crippen molar-refractivity contribution in [2.45, 2.75) is 6.55 Å². The third kappa shape index (κ3) is 2.28. The molecule has 0 N–H and O–H groups in total. The lowest BCUT2D eigenvalue weighted by Crippen LogP contribution is -2.40. The Hall–Kier alpha value is 0.127. The fourth-order valence-electron chi connectivity index (χ4n) is 0.854. The fourth-order valence-corrected chi connectivity index (χ4v) is 2.96. The maximum Gasteiger partial charge on any atom is 0.287 e. The summed E-state index contributed by atoms with van der Waals surface area (Å²) in [6, 6.07) is 10.4. The smallest absolute Gasteiger partial charge is 0.287 e. The minimum atomic E-state index is -1.58. The van der Waals surface area contributed by atoms with Gasteiger partial charge >= 0.3 is 0 Å². The lowest BCUT2D eigenvalue weighted by molar-refractivity contribution is 0.432. The first-order chi connectivity index (χ1) is 5.17. The van der Waals surface area contributed by atoms with Crippen molar-refractivity contribution >= 4 is 32.8 Å². The first-order valence-electron chi connectivity index (χ1n) is 3.46. The van der Waals surface area contributed by atoms with E-state index in [2.05, 4.69) is 52.6 Å². The molecule has 0 amide bonds. The minimum absolute atomic E-state index is 1.34. The molecule has 1 aromatic rings. The second-order valence-electron chi connectivity index (χ2n) is 2.49. The van der Waals surface area contributed by atoms with Crippen LogP contribution in [0, 0.1) is 0 Å². The molecule has 1 unspecified atom stereocenters. The average Bonchev–Trinajstić information content (AvgIpc) is 2.06. The third-order valence-electron chi connectivity index (χ3n) is 1.67. The van der Waals surface area contributed by atoms with Gasteiger partial charge in [-0.05, 0) is 11.7 Å². The Morgan fingerprint density at radius 1 is 1.27 bits per heavy atom. The van der Waals surface area contributed by atoms with Gasteiger partial charge in [-0.15, -0.1) is 0 Å². The monoisotopic (exact) mass is 278 g/mol. The van der Waals surface area contributed by atoms with Crippen LogP contribution in [0.1, 0.15) is 0 Å². The zero-order chi connectivity index (χ0) is 8.32. The van der Waals surface area contributed by atoms with Crippen LogP contribution in [0.5, 0.6) is 0 Å². The minimum Gasteiger partial charge on any atom is -0.407 e. The van der Waals surface area contributed by atoms with Crippen molar-refractivity contribution in [2.75, 3.05) is 7.11 Å². The molecular formula is C8H11IOSi. The van der Waals surface area contributed by atoms with Crippen LogP contribution in [0.4, 0.5) is 0 Å². The van der Waals surface area contributed by atoms with Crippen LogP contribution < -0.4 is 5.19 Å². The molecule has 0 bridgehead atoms. The summed E-state index contributed by atoms with van der Waals surface area (Å²) in [4.78, 5) is 0. The topological polar surface area (TPSA) is 9.23 Å². The van der Waals surface area contributed by atoms with E-state index in [1.807, 2.05) is 6.07 Å². The molecule has 1 rings (SSSR count). The van der Waals surface area contributed by atoms with Crippen LogP contribution in [0.15, 0.2) is 30.3 Å². The van der Waals surface area contributed by atoms with Crippen molar-refractivity contribution < 1.29 is 4.43 Å². The zero-order valence-corrected chi connectivity index (χ0v) is 9.83. The fraction of sp³-hybridized carbons (Fsp3) is 0.250. The summed E-state index contributed by atoms with van der Waals surface area (Å²) in [7, 11) is 1.78. The Morgan fingerprint density at radius 3 is 2.27 bits per heavy atom. The van der Waals surface area contributed by atoms with Gasteiger partial charge in [-0.25, -0.2) is 0 Å². The molecule has 0 saturated carbocycles. The SMILES string of the molecule is CO[Si](C)(I)c1ccccc1. The van der Waals surface area contributed by atoms with Crippen LogP contribution in [0.2, 0.25) is 6.55 Å². The first kappa shape index (κ1) is 9.22. The normalized spacial score (nSPS) is 15.9. The standard InChI is InChI=1S/C8H11IOSi/c1-10-11(2,9)8-6-4-3-5-7-8/h3-7H,1-2H3. The highest BCUT2D eigenvalue weighted by molar-refractivity contribution is 14.1. The maximum atomic E-state index is 5.45. The molecule has 0 aliphatic carbocycles. The molecule has 3 heteroatoms. The zero-order valence-electron chi connectivity index (χ0n) is 6.67. The largest absolute Gasteiger partial charge is 0.407 e. The summed E-state index contributed by atoms with van der Waals surface area (Å²) in [5, 5.41) is 1.34. The Balaban J connectivity index is 2.93. The molecule has 0 spiro atoms. The van der Waals surface area contributed by atoms with E-state index in [9.17, 15) is 0 Å². The maximum absolute atomic E-state index is 5.45. The summed E-state index contributed by atoms with van der Waals surface area (Å²) in [5.74, 6) is -1.58. The highest BCUT2D eigenvalue weighted by Gasteiger charge is 2.25. The van der Waals surface area contributed by atoms with E-state index in [4.69, 9.17) is 4.43 Å². The lowest BCUT2D eigenvalue weighted by Gasteiger charge is -2.17. The van der Waals surface area contributed by atoms with Crippen LogP contribution in [-0.2, 0) is 4.43 Å². The number of rotatable bonds is 2. The van der Waals surface area contributed by atoms with E-state index in [0.717, 1.165) is 0 Å². The summed E-state index contributed by atoms with van der Waals surface area (Å²) in [5.41, 5.74) is 0. The van der Waals surface area contributed by atoms with Gasteiger partial charge in [-0.2, -0.15) is 0 Å². The molecule has 0 aliphatic heterocycles. The van der Waals surface area contributed by atoms with Crippen LogP contribution in [0.25, 0.3) is 0 Å². The molecule has 1 nitrogen and oxygen atoms in total. The summed E-state index contributed by atoms with van der Waals surface area (Å²) >= 11 is 2.42. The average molecular weight is 278 g/mol. The molecule has 0 aliphatic rings. The highest BCUT2D eigenvalue weighted by atomic mass is 127. The quantitative estimate of drug-likeness (QED) is 0.457. The molecule has 0 aromatic heterocycles. The molecule has 0 saturated heterocycles. The van der Waals surface area contributed by atoms with E-state index < -0.39 is 5.81 Å². The summed E-state index contributed by atoms with van der Waals surface area (Å²) in [6.07, 6.45) is 0.